The van der Waals surface area contributed by atoms with Crippen molar-refractivity contribution in [1.29, 1.82) is 0 Å². The summed E-state index contributed by atoms with van der Waals surface area (Å²) in [5, 5.41) is 0. The number of ether oxygens (including phenoxy) is 2. The third-order valence-electron chi connectivity index (χ3n) is 4.51. The van der Waals surface area contributed by atoms with Gasteiger partial charge in [0.1, 0.15) is 5.75 Å². The molecule has 140 valence electrons. The minimum Gasteiger partial charge on any atom is -0.494 e. The Kier molecular flexibility index (Phi) is 5.48. The van der Waals surface area contributed by atoms with Crippen molar-refractivity contribution in [2.45, 2.75) is 30.7 Å². The normalized spacial score (nSPS) is 18.0. The van der Waals surface area contributed by atoms with Crippen molar-refractivity contribution < 1.29 is 22.3 Å². The van der Waals surface area contributed by atoms with Crippen molar-refractivity contribution in [1.82, 2.24) is 4.31 Å². The highest BCUT2D eigenvalue weighted by Crippen LogP contribution is 2.37. The molecule has 1 fully saturated rings. The highest BCUT2D eigenvalue weighted by atomic mass is 32.2. The van der Waals surface area contributed by atoms with E-state index in [4.69, 9.17) is 9.47 Å². The van der Waals surface area contributed by atoms with E-state index in [1.807, 2.05) is 31.2 Å². The molecule has 0 amide bonds. The summed E-state index contributed by atoms with van der Waals surface area (Å²) in [5.74, 6) is 0.0831. The zero-order valence-corrected chi connectivity index (χ0v) is 15.6. The van der Waals surface area contributed by atoms with Crippen molar-refractivity contribution >= 4 is 10.0 Å². The molecular weight excluding hydrogens is 357 g/mol. The molecule has 2 aromatic rings. The van der Waals surface area contributed by atoms with Gasteiger partial charge in [-0.3, -0.25) is 0 Å². The van der Waals surface area contributed by atoms with Gasteiger partial charge in [0.2, 0.25) is 10.0 Å². The number of hydrogen-bond donors (Lipinski definition) is 0. The summed E-state index contributed by atoms with van der Waals surface area (Å²) in [6.45, 7) is 2.90. The molecule has 0 saturated carbocycles. The van der Waals surface area contributed by atoms with Gasteiger partial charge >= 0.3 is 0 Å². The molecule has 0 aromatic heterocycles. The van der Waals surface area contributed by atoms with Crippen LogP contribution in [0.2, 0.25) is 0 Å². The zero-order chi connectivity index (χ0) is 18.7. The van der Waals surface area contributed by atoms with E-state index in [0.29, 0.717) is 13.2 Å². The summed E-state index contributed by atoms with van der Waals surface area (Å²) >= 11 is 0. The van der Waals surface area contributed by atoms with E-state index in [2.05, 4.69) is 0 Å². The van der Waals surface area contributed by atoms with Gasteiger partial charge in [-0.15, -0.1) is 0 Å². The minimum absolute atomic E-state index is 0.0217. The molecule has 5 nitrogen and oxygen atoms in total. The second-order valence-electron chi connectivity index (χ2n) is 6.07. The number of rotatable bonds is 6. The molecule has 1 saturated heterocycles. The Labute approximate surface area is 153 Å². The first-order valence-electron chi connectivity index (χ1n) is 8.55. The molecule has 0 bridgehead atoms. The van der Waals surface area contributed by atoms with Gasteiger partial charge in [-0.25, -0.2) is 12.8 Å². The average Bonchev–Trinajstić information content (AvgIpc) is 3.13. The van der Waals surface area contributed by atoms with Gasteiger partial charge in [0, 0.05) is 6.54 Å². The number of halogens is 1. The van der Waals surface area contributed by atoms with Crippen LogP contribution in [-0.4, -0.2) is 33.0 Å². The molecule has 1 unspecified atom stereocenters. The van der Waals surface area contributed by atoms with E-state index in [1.54, 1.807) is 0 Å². The third-order valence-corrected chi connectivity index (χ3v) is 6.41. The minimum atomic E-state index is -3.80. The van der Waals surface area contributed by atoms with Crippen LogP contribution in [-0.2, 0) is 10.0 Å². The summed E-state index contributed by atoms with van der Waals surface area (Å²) in [6, 6.07) is 10.9. The molecule has 2 aromatic carbocycles. The van der Waals surface area contributed by atoms with E-state index in [9.17, 15) is 12.8 Å². The largest absolute Gasteiger partial charge is 0.494 e. The van der Waals surface area contributed by atoms with Crippen molar-refractivity contribution in [2.75, 3.05) is 20.3 Å². The molecule has 0 aliphatic carbocycles. The third kappa shape index (κ3) is 3.54. The van der Waals surface area contributed by atoms with Crippen molar-refractivity contribution in [3.05, 3.63) is 53.8 Å². The fourth-order valence-electron chi connectivity index (χ4n) is 3.26. The van der Waals surface area contributed by atoms with E-state index in [1.165, 1.54) is 23.5 Å². The molecule has 3 rings (SSSR count). The standard InChI is InChI=1S/C19H22FNO4S/c1-3-25-15-8-6-14(7-9-15)18-5-4-12-21(18)26(22,23)16-10-11-19(24-2)17(20)13-16/h6-11,13,18H,3-5,12H2,1-2H3. The summed E-state index contributed by atoms with van der Waals surface area (Å²) < 4.78 is 51.8. The lowest BCUT2D eigenvalue weighted by atomic mass is 10.1. The van der Waals surface area contributed by atoms with Gasteiger partial charge in [0.15, 0.2) is 11.6 Å². The molecule has 26 heavy (non-hydrogen) atoms. The lowest BCUT2D eigenvalue weighted by Gasteiger charge is -2.24. The zero-order valence-electron chi connectivity index (χ0n) is 14.8. The summed E-state index contributed by atoms with van der Waals surface area (Å²) in [5.41, 5.74) is 0.906. The van der Waals surface area contributed by atoms with Crippen LogP contribution in [0.25, 0.3) is 0 Å². The van der Waals surface area contributed by atoms with Crippen molar-refractivity contribution in [3.8, 4) is 11.5 Å². The van der Waals surface area contributed by atoms with Gasteiger partial charge in [0.05, 0.1) is 24.7 Å². The molecular formula is C19H22FNO4S. The predicted octanol–water partition coefficient (Wildman–Crippen LogP) is 3.76. The van der Waals surface area contributed by atoms with Crippen LogP contribution in [0.1, 0.15) is 31.4 Å². The van der Waals surface area contributed by atoms with Crippen LogP contribution in [0.4, 0.5) is 4.39 Å². The van der Waals surface area contributed by atoms with Gasteiger partial charge in [-0.1, -0.05) is 12.1 Å². The van der Waals surface area contributed by atoms with Crippen LogP contribution in [0, 0.1) is 5.82 Å². The Morgan fingerprint density at radius 3 is 2.54 bits per heavy atom. The second kappa shape index (κ2) is 7.63. The van der Waals surface area contributed by atoms with Crippen LogP contribution >= 0.6 is 0 Å². The molecule has 1 atom stereocenters. The van der Waals surface area contributed by atoms with Gasteiger partial charge < -0.3 is 9.47 Å². The van der Waals surface area contributed by atoms with E-state index in [0.717, 1.165) is 30.2 Å². The van der Waals surface area contributed by atoms with Gasteiger partial charge in [-0.2, -0.15) is 4.31 Å². The van der Waals surface area contributed by atoms with Crippen molar-refractivity contribution in [2.24, 2.45) is 0 Å². The fraction of sp³-hybridized carbons (Fsp3) is 0.368. The maximum absolute atomic E-state index is 14.0. The molecule has 1 aliphatic rings. The van der Waals surface area contributed by atoms with E-state index >= 15 is 0 Å². The van der Waals surface area contributed by atoms with E-state index < -0.39 is 15.8 Å². The lowest BCUT2D eigenvalue weighted by molar-refractivity contribution is 0.339. The number of methoxy groups -OCH3 is 1. The second-order valence-corrected chi connectivity index (χ2v) is 7.96. The quantitative estimate of drug-likeness (QED) is 0.767. The van der Waals surface area contributed by atoms with Gasteiger partial charge in [-0.05, 0) is 55.7 Å². The molecule has 7 heteroatoms. The Bertz CT molecular complexity index is 868. The summed E-state index contributed by atoms with van der Waals surface area (Å²) in [6.07, 6.45) is 1.49. The first kappa shape index (κ1) is 18.7. The Morgan fingerprint density at radius 2 is 1.92 bits per heavy atom. The van der Waals surface area contributed by atoms with Gasteiger partial charge in [0.25, 0.3) is 0 Å². The first-order chi connectivity index (χ1) is 12.5. The topological polar surface area (TPSA) is 55.8 Å². The summed E-state index contributed by atoms with van der Waals surface area (Å²) in [4.78, 5) is -0.0614. The van der Waals surface area contributed by atoms with Crippen LogP contribution in [0.3, 0.4) is 0 Å². The Hall–Kier alpha value is -2.12. The number of nitrogens with zero attached hydrogens (tertiary/aromatic N) is 1. The molecule has 0 spiro atoms. The fourth-order valence-corrected chi connectivity index (χ4v) is 4.95. The maximum atomic E-state index is 14.0. The number of sulfonamides is 1. The van der Waals surface area contributed by atoms with E-state index in [-0.39, 0.29) is 16.7 Å². The number of benzene rings is 2. The number of hydrogen-bond acceptors (Lipinski definition) is 4. The van der Waals surface area contributed by atoms with Crippen molar-refractivity contribution in [3.63, 3.8) is 0 Å². The monoisotopic (exact) mass is 379 g/mol. The van der Waals surface area contributed by atoms with Crippen LogP contribution < -0.4 is 9.47 Å². The summed E-state index contributed by atoms with van der Waals surface area (Å²) in [7, 11) is -2.46. The van der Waals surface area contributed by atoms with Crippen LogP contribution in [0.5, 0.6) is 11.5 Å². The molecule has 0 radical (unpaired) electrons. The smallest absolute Gasteiger partial charge is 0.243 e. The predicted molar refractivity (Wildman–Crippen MR) is 96.4 cm³/mol. The molecule has 1 aliphatic heterocycles. The molecule has 1 heterocycles. The highest BCUT2D eigenvalue weighted by Gasteiger charge is 2.36. The maximum Gasteiger partial charge on any atom is 0.243 e. The SMILES string of the molecule is CCOc1ccc(C2CCCN2S(=O)(=O)c2ccc(OC)c(F)c2)cc1. The van der Waals surface area contributed by atoms with Crippen LogP contribution in [0.15, 0.2) is 47.4 Å². The first-order valence-corrected chi connectivity index (χ1v) is 9.99. The molecule has 0 N–H and O–H groups in total. The highest BCUT2D eigenvalue weighted by molar-refractivity contribution is 7.89. The Balaban J connectivity index is 1.90. The average molecular weight is 379 g/mol. The Morgan fingerprint density at radius 1 is 1.19 bits per heavy atom. The lowest BCUT2D eigenvalue weighted by Crippen LogP contribution is -2.30.